The summed E-state index contributed by atoms with van der Waals surface area (Å²) in [6.07, 6.45) is 0.939. The van der Waals surface area contributed by atoms with Crippen molar-refractivity contribution in [3.63, 3.8) is 0 Å². The minimum atomic E-state index is -4.43. The summed E-state index contributed by atoms with van der Waals surface area (Å²) in [6.45, 7) is 3.56. The number of hydrogen-bond donors (Lipinski definition) is 1. The van der Waals surface area contributed by atoms with E-state index in [1.165, 1.54) is 0 Å². The third kappa shape index (κ3) is 2.78. The van der Waals surface area contributed by atoms with Gasteiger partial charge in [0, 0.05) is 11.1 Å². The van der Waals surface area contributed by atoms with E-state index in [1.54, 1.807) is 13.8 Å². The molecule has 0 saturated heterocycles. The average Bonchev–Trinajstić information content (AvgIpc) is 2.25. The molecule has 0 amide bonds. The highest BCUT2D eigenvalue weighted by atomic mass is 32.2. The van der Waals surface area contributed by atoms with Gasteiger partial charge in [0.25, 0.3) is 10.1 Å². The van der Waals surface area contributed by atoms with E-state index in [9.17, 15) is 18.0 Å². The molecular weight excluding hydrogens is 244 g/mol. The highest BCUT2D eigenvalue weighted by Crippen LogP contribution is 2.25. The molecule has 0 saturated carbocycles. The lowest BCUT2D eigenvalue weighted by atomic mass is 9.93. The molecule has 0 radical (unpaired) electrons. The zero-order valence-corrected chi connectivity index (χ0v) is 10.2. The van der Waals surface area contributed by atoms with Crippen LogP contribution in [0, 0.1) is 0 Å². The van der Waals surface area contributed by atoms with Crippen LogP contribution in [0.2, 0.25) is 0 Å². The monoisotopic (exact) mass is 256 g/mol. The number of carbonyl (C=O) groups is 2. The van der Waals surface area contributed by atoms with Gasteiger partial charge >= 0.3 is 0 Å². The Morgan fingerprint density at radius 3 is 1.76 bits per heavy atom. The van der Waals surface area contributed by atoms with E-state index in [1.807, 2.05) is 0 Å². The number of carbonyl (C=O) groups excluding carboxylic acids is 2. The highest BCUT2D eigenvalue weighted by molar-refractivity contribution is 7.85. The molecule has 17 heavy (non-hydrogen) atoms. The fourth-order valence-electron chi connectivity index (χ4n) is 1.68. The number of benzene rings is 1. The van der Waals surface area contributed by atoms with Gasteiger partial charge in [-0.05, 0) is 23.6 Å². The minimum absolute atomic E-state index is 0.0947. The molecular formula is C11H12O5S. The quantitative estimate of drug-likeness (QED) is 0.654. The highest BCUT2D eigenvalue weighted by Gasteiger charge is 2.18. The van der Waals surface area contributed by atoms with Crippen molar-refractivity contribution in [2.45, 2.75) is 24.7 Å². The van der Waals surface area contributed by atoms with Crippen LogP contribution in [0.1, 0.15) is 46.0 Å². The van der Waals surface area contributed by atoms with E-state index >= 15 is 0 Å². The van der Waals surface area contributed by atoms with Gasteiger partial charge < -0.3 is 0 Å². The molecule has 0 bridgehead atoms. The van der Waals surface area contributed by atoms with E-state index in [-0.39, 0.29) is 17.0 Å². The Hall–Kier alpha value is -1.53. The Morgan fingerprint density at radius 2 is 1.53 bits per heavy atom. The summed E-state index contributed by atoms with van der Waals surface area (Å²) in [5, 5.41) is 0. The average molecular weight is 256 g/mol. The maximum absolute atomic E-state index is 11.0. The standard InChI is InChI=1S/C11H12O5S/c1-7(2)11-8(5-12)3-10(17(14,15)16)4-9(11)6-13/h3-7H,1-2H3,(H,14,15,16). The molecule has 0 spiro atoms. The Labute approximate surface area is 99.2 Å². The van der Waals surface area contributed by atoms with Gasteiger partial charge in [0.1, 0.15) is 12.6 Å². The molecule has 6 heteroatoms. The molecule has 0 aliphatic rings. The van der Waals surface area contributed by atoms with Gasteiger partial charge in [-0.15, -0.1) is 0 Å². The molecule has 0 fully saturated rings. The third-order valence-electron chi connectivity index (χ3n) is 2.35. The lowest BCUT2D eigenvalue weighted by Crippen LogP contribution is -2.06. The van der Waals surface area contributed by atoms with Gasteiger partial charge in [-0.1, -0.05) is 13.8 Å². The van der Waals surface area contributed by atoms with Crippen molar-refractivity contribution in [1.29, 1.82) is 0 Å². The normalized spacial score (nSPS) is 11.5. The first kappa shape index (κ1) is 13.5. The Bertz CT molecular complexity index is 528. The molecule has 0 aromatic heterocycles. The predicted molar refractivity (Wildman–Crippen MR) is 61.1 cm³/mol. The van der Waals surface area contributed by atoms with Gasteiger partial charge in [-0.3, -0.25) is 14.1 Å². The van der Waals surface area contributed by atoms with Crippen molar-refractivity contribution in [1.82, 2.24) is 0 Å². The fraction of sp³-hybridized carbons (Fsp3) is 0.273. The molecule has 0 unspecified atom stereocenters. The molecule has 0 atom stereocenters. The van der Waals surface area contributed by atoms with Gasteiger partial charge in [0.15, 0.2) is 0 Å². The van der Waals surface area contributed by atoms with Crippen molar-refractivity contribution < 1.29 is 22.6 Å². The lowest BCUT2D eigenvalue weighted by molar-refractivity contribution is 0.112. The number of rotatable bonds is 4. The summed E-state index contributed by atoms with van der Waals surface area (Å²) in [7, 11) is -4.43. The summed E-state index contributed by atoms with van der Waals surface area (Å²) in [5.74, 6) is -0.106. The minimum Gasteiger partial charge on any atom is -0.298 e. The topological polar surface area (TPSA) is 88.5 Å². The van der Waals surface area contributed by atoms with Crippen LogP contribution >= 0.6 is 0 Å². The van der Waals surface area contributed by atoms with Crippen molar-refractivity contribution in [3.05, 3.63) is 28.8 Å². The van der Waals surface area contributed by atoms with Crippen LogP contribution < -0.4 is 0 Å². The third-order valence-corrected chi connectivity index (χ3v) is 3.18. The second-order valence-electron chi connectivity index (χ2n) is 3.88. The van der Waals surface area contributed by atoms with Gasteiger partial charge in [0.2, 0.25) is 0 Å². The van der Waals surface area contributed by atoms with Crippen molar-refractivity contribution in [2.75, 3.05) is 0 Å². The molecule has 1 aromatic carbocycles. The maximum Gasteiger partial charge on any atom is 0.294 e. The lowest BCUT2D eigenvalue weighted by Gasteiger charge is -2.12. The zero-order chi connectivity index (χ0) is 13.2. The van der Waals surface area contributed by atoms with E-state index in [0.29, 0.717) is 18.1 Å². The van der Waals surface area contributed by atoms with Crippen LogP contribution in [-0.2, 0) is 10.1 Å². The Morgan fingerprint density at radius 1 is 1.12 bits per heavy atom. The predicted octanol–water partition coefficient (Wildman–Crippen LogP) is 1.68. The fourth-order valence-corrected chi connectivity index (χ4v) is 2.23. The molecule has 0 aliphatic heterocycles. The number of aldehydes is 2. The molecule has 0 aliphatic carbocycles. The van der Waals surface area contributed by atoms with E-state index in [0.717, 1.165) is 12.1 Å². The summed E-state index contributed by atoms with van der Waals surface area (Å²) in [4.78, 5) is 21.3. The first-order valence-electron chi connectivity index (χ1n) is 4.87. The van der Waals surface area contributed by atoms with Crippen molar-refractivity contribution in [2.24, 2.45) is 0 Å². The van der Waals surface area contributed by atoms with Crippen LogP contribution in [0.4, 0.5) is 0 Å². The summed E-state index contributed by atoms with van der Waals surface area (Å²) >= 11 is 0. The molecule has 0 heterocycles. The SMILES string of the molecule is CC(C)c1c(C=O)cc(S(=O)(=O)O)cc1C=O. The summed E-state index contributed by atoms with van der Waals surface area (Å²) < 4.78 is 30.8. The van der Waals surface area contributed by atoms with Crippen LogP contribution in [-0.4, -0.2) is 25.5 Å². The molecule has 1 aromatic rings. The molecule has 1 rings (SSSR count). The van der Waals surface area contributed by atoms with Gasteiger partial charge in [-0.2, -0.15) is 8.42 Å². The van der Waals surface area contributed by atoms with E-state index in [2.05, 4.69) is 0 Å². The second kappa shape index (κ2) is 4.77. The summed E-state index contributed by atoms with van der Waals surface area (Å²) in [5.41, 5.74) is 0.664. The van der Waals surface area contributed by atoms with Crippen molar-refractivity contribution >= 4 is 22.7 Å². The second-order valence-corrected chi connectivity index (χ2v) is 5.30. The first-order valence-corrected chi connectivity index (χ1v) is 6.31. The maximum atomic E-state index is 11.0. The number of hydrogen-bond acceptors (Lipinski definition) is 4. The molecule has 5 nitrogen and oxygen atoms in total. The van der Waals surface area contributed by atoms with Gasteiger partial charge in [0.05, 0.1) is 4.90 Å². The first-order chi connectivity index (χ1) is 7.81. The van der Waals surface area contributed by atoms with Gasteiger partial charge in [-0.25, -0.2) is 0 Å². The van der Waals surface area contributed by atoms with Crippen molar-refractivity contribution in [3.8, 4) is 0 Å². The van der Waals surface area contributed by atoms with E-state index in [4.69, 9.17) is 4.55 Å². The van der Waals surface area contributed by atoms with Crippen LogP contribution in [0.5, 0.6) is 0 Å². The van der Waals surface area contributed by atoms with Crippen LogP contribution in [0.15, 0.2) is 17.0 Å². The Balaban J connectivity index is 3.67. The zero-order valence-electron chi connectivity index (χ0n) is 9.38. The van der Waals surface area contributed by atoms with Crippen LogP contribution in [0.25, 0.3) is 0 Å². The van der Waals surface area contributed by atoms with E-state index < -0.39 is 15.0 Å². The Kier molecular flexibility index (Phi) is 3.79. The molecule has 92 valence electrons. The largest absolute Gasteiger partial charge is 0.298 e. The van der Waals surface area contributed by atoms with Crippen LogP contribution in [0.3, 0.4) is 0 Å². The smallest absolute Gasteiger partial charge is 0.294 e. The summed E-state index contributed by atoms with van der Waals surface area (Å²) in [6, 6.07) is 2.12. The molecule has 1 N–H and O–H groups in total.